The summed E-state index contributed by atoms with van der Waals surface area (Å²) in [6.45, 7) is 2.10. The molecule has 27 heavy (non-hydrogen) atoms. The fourth-order valence-corrected chi connectivity index (χ4v) is 3.41. The zero-order chi connectivity index (χ0) is 19.1. The van der Waals surface area contributed by atoms with Gasteiger partial charge in [-0.15, -0.1) is 0 Å². The minimum absolute atomic E-state index is 0.0334. The molecule has 0 unspecified atom stereocenters. The average Bonchev–Trinajstić information content (AvgIpc) is 3.20. The maximum absolute atomic E-state index is 12.4. The van der Waals surface area contributed by atoms with Crippen LogP contribution in [0, 0.1) is 0 Å². The summed E-state index contributed by atoms with van der Waals surface area (Å²) in [6.07, 6.45) is 3.09. The number of benzene rings is 2. The van der Waals surface area contributed by atoms with Crippen LogP contribution >= 0.6 is 15.9 Å². The van der Waals surface area contributed by atoms with Crippen LogP contribution in [0.1, 0.15) is 36.0 Å². The van der Waals surface area contributed by atoms with Crippen LogP contribution in [-0.2, 0) is 4.79 Å². The third-order valence-electron chi connectivity index (χ3n) is 4.40. The van der Waals surface area contributed by atoms with Crippen molar-refractivity contribution in [1.82, 2.24) is 4.90 Å². The van der Waals surface area contributed by atoms with E-state index >= 15 is 0 Å². The van der Waals surface area contributed by atoms with Gasteiger partial charge in [-0.25, -0.2) is 0 Å². The zero-order valence-electron chi connectivity index (χ0n) is 15.1. The van der Waals surface area contributed by atoms with Crippen molar-refractivity contribution >= 4 is 33.4 Å². The van der Waals surface area contributed by atoms with Gasteiger partial charge < -0.3 is 15.0 Å². The van der Waals surface area contributed by atoms with Crippen molar-refractivity contribution < 1.29 is 14.3 Å². The smallest absolute Gasteiger partial charge is 0.253 e. The Labute approximate surface area is 167 Å². The Balaban J connectivity index is 1.45. The van der Waals surface area contributed by atoms with E-state index in [1.807, 2.05) is 29.2 Å². The van der Waals surface area contributed by atoms with E-state index in [2.05, 4.69) is 21.2 Å². The second-order valence-corrected chi connectivity index (χ2v) is 7.45. The monoisotopic (exact) mass is 430 g/mol. The van der Waals surface area contributed by atoms with Crippen LogP contribution in [0.5, 0.6) is 5.75 Å². The number of carbonyl (C=O) groups is 2. The quantitative estimate of drug-likeness (QED) is 0.658. The minimum Gasteiger partial charge on any atom is -0.494 e. The summed E-state index contributed by atoms with van der Waals surface area (Å²) in [4.78, 5) is 26.5. The lowest BCUT2D eigenvalue weighted by atomic mass is 10.1. The molecule has 1 aliphatic rings. The van der Waals surface area contributed by atoms with Gasteiger partial charge >= 0.3 is 0 Å². The van der Waals surface area contributed by atoms with E-state index in [1.165, 1.54) is 0 Å². The molecule has 1 fully saturated rings. The van der Waals surface area contributed by atoms with Gasteiger partial charge in [0.05, 0.1) is 6.61 Å². The molecule has 0 bridgehead atoms. The molecule has 0 spiro atoms. The molecule has 1 saturated heterocycles. The van der Waals surface area contributed by atoms with Crippen LogP contribution in [-0.4, -0.2) is 36.4 Å². The lowest BCUT2D eigenvalue weighted by molar-refractivity contribution is -0.116. The summed E-state index contributed by atoms with van der Waals surface area (Å²) in [5.74, 6) is 0.725. The van der Waals surface area contributed by atoms with Crippen LogP contribution < -0.4 is 10.1 Å². The summed E-state index contributed by atoms with van der Waals surface area (Å²) >= 11 is 3.40. The fourth-order valence-electron chi connectivity index (χ4n) is 3.04. The average molecular weight is 431 g/mol. The molecule has 0 aromatic heterocycles. The lowest BCUT2D eigenvalue weighted by Gasteiger charge is -2.15. The van der Waals surface area contributed by atoms with Crippen molar-refractivity contribution in [1.29, 1.82) is 0 Å². The number of amides is 2. The first-order chi connectivity index (χ1) is 13.1. The van der Waals surface area contributed by atoms with Crippen LogP contribution in [0.3, 0.4) is 0 Å². The number of anilines is 1. The van der Waals surface area contributed by atoms with Crippen LogP contribution in [0.2, 0.25) is 0 Å². The second-order valence-electron chi connectivity index (χ2n) is 6.54. The first-order valence-electron chi connectivity index (χ1n) is 9.19. The summed E-state index contributed by atoms with van der Waals surface area (Å²) in [5.41, 5.74) is 1.27. The Morgan fingerprint density at radius 1 is 1.07 bits per heavy atom. The number of hydrogen-bond acceptors (Lipinski definition) is 3. The third-order valence-corrected chi connectivity index (χ3v) is 4.89. The molecule has 0 aliphatic carbocycles. The highest BCUT2D eigenvalue weighted by atomic mass is 79.9. The van der Waals surface area contributed by atoms with E-state index in [-0.39, 0.29) is 11.8 Å². The first-order valence-corrected chi connectivity index (χ1v) is 9.99. The summed E-state index contributed by atoms with van der Waals surface area (Å²) in [7, 11) is 0. The molecule has 5 nitrogen and oxygen atoms in total. The Morgan fingerprint density at radius 3 is 2.63 bits per heavy atom. The van der Waals surface area contributed by atoms with Crippen molar-refractivity contribution in [3.63, 3.8) is 0 Å². The predicted octanol–water partition coefficient (Wildman–Crippen LogP) is 4.48. The minimum atomic E-state index is -0.0846. The Morgan fingerprint density at radius 2 is 1.85 bits per heavy atom. The number of nitrogens with one attached hydrogen (secondary N) is 1. The van der Waals surface area contributed by atoms with Gasteiger partial charge in [0.1, 0.15) is 5.75 Å². The standard InChI is InChI=1S/C21H23BrN2O3/c22-17-7-4-9-19(15-17)27-13-5-10-20(25)23-18-8-3-6-16(14-18)21(26)24-11-1-2-12-24/h3-4,6-9,14-15H,1-2,5,10-13H2,(H,23,25). The molecule has 1 aliphatic heterocycles. The van der Waals surface area contributed by atoms with Gasteiger partial charge in [0, 0.05) is 35.2 Å². The largest absolute Gasteiger partial charge is 0.494 e. The molecule has 0 atom stereocenters. The number of hydrogen-bond donors (Lipinski definition) is 1. The summed E-state index contributed by atoms with van der Waals surface area (Å²) in [6, 6.07) is 14.8. The lowest BCUT2D eigenvalue weighted by Crippen LogP contribution is -2.27. The normalized spacial score (nSPS) is 13.4. The molecule has 3 rings (SSSR count). The van der Waals surface area contributed by atoms with Crippen LogP contribution in [0.4, 0.5) is 5.69 Å². The maximum atomic E-state index is 12.4. The molecule has 2 amide bonds. The van der Waals surface area contributed by atoms with Crippen molar-refractivity contribution in [3.8, 4) is 5.75 Å². The highest BCUT2D eigenvalue weighted by Crippen LogP contribution is 2.19. The van der Waals surface area contributed by atoms with Gasteiger partial charge in [0.2, 0.25) is 5.91 Å². The van der Waals surface area contributed by atoms with Crippen molar-refractivity contribution in [2.75, 3.05) is 25.0 Å². The topological polar surface area (TPSA) is 58.6 Å². The molecule has 1 heterocycles. The number of halogens is 1. The van der Waals surface area contributed by atoms with E-state index in [0.717, 1.165) is 36.2 Å². The maximum Gasteiger partial charge on any atom is 0.253 e. The SMILES string of the molecule is O=C(CCCOc1cccc(Br)c1)Nc1cccc(C(=O)N2CCCC2)c1. The fraction of sp³-hybridized carbons (Fsp3) is 0.333. The van der Waals surface area contributed by atoms with Gasteiger partial charge in [-0.05, 0) is 55.7 Å². The van der Waals surface area contributed by atoms with E-state index in [1.54, 1.807) is 24.3 Å². The number of ether oxygens (including phenoxy) is 1. The van der Waals surface area contributed by atoms with Crippen LogP contribution in [0.15, 0.2) is 53.0 Å². The van der Waals surface area contributed by atoms with Gasteiger partial charge in [0.15, 0.2) is 0 Å². The number of nitrogens with zero attached hydrogens (tertiary/aromatic N) is 1. The molecular weight excluding hydrogens is 408 g/mol. The van der Waals surface area contributed by atoms with Crippen molar-refractivity contribution in [2.45, 2.75) is 25.7 Å². The Hall–Kier alpha value is -2.34. The Bertz CT molecular complexity index is 804. The number of carbonyl (C=O) groups excluding carboxylic acids is 2. The van der Waals surface area contributed by atoms with E-state index in [0.29, 0.717) is 30.7 Å². The molecule has 0 radical (unpaired) electrons. The first kappa shape index (κ1) is 19.4. The molecule has 1 N–H and O–H groups in total. The van der Waals surface area contributed by atoms with E-state index in [9.17, 15) is 9.59 Å². The van der Waals surface area contributed by atoms with Gasteiger partial charge in [-0.2, -0.15) is 0 Å². The van der Waals surface area contributed by atoms with Crippen molar-refractivity contribution in [3.05, 3.63) is 58.6 Å². The number of likely N-dealkylation sites (tertiary alicyclic amines) is 1. The zero-order valence-corrected chi connectivity index (χ0v) is 16.7. The van der Waals surface area contributed by atoms with E-state index in [4.69, 9.17) is 4.74 Å². The predicted molar refractivity (Wildman–Crippen MR) is 109 cm³/mol. The molecular formula is C21H23BrN2O3. The van der Waals surface area contributed by atoms with Crippen LogP contribution in [0.25, 0.3) is 0 Å². The van der Waals surface area contributed by atoms with Gasteiger partial charge in [0.25, 0.3) is 5.91 Å². The van der Waals surface area contributed by atoms with Gasteiger partial charge in [-0.1, -0.05) is 28.1 Å². The molecule has 2 aromatic rings. The summed E-state index contributed by atoms with van der Waals surface area (Å²) in [5, 5.41) is 2.86. The highest BCUT2D eigenvalue weighted by Gasteiger charge is 2.19. The number of rotatable bonds is 7. The third kappa shape index (κ3) is 5.82. The van der Waals surface area contributed by atoms with Crippen molar-refractivity contribution in [2.24, 2.45) is 0 Å². The molecule has 0 saturated carbocycles. The molecule has 6 heteroatoms. The second kappa shape index (κ2) is 9.55. The molecule has 142 valence electrons. The van der Waals surface area contributed by atoms with Gasteiger partial charge in [-0.3, -0.25) is 9.59 Å². The Kier molecular flexibility index (Phi) is 6.87. The molecule has 2 aromatic carbocycles. The van der Waals surface area contributed by atoms with E-state index < -0.39 is 0 Å². The highest BCUT2D eigenvalue weighted by molar-refractivity contribution is 9.10. The summed E-state index contributed by atoms with van der Waals surface area (Å²) < 4.78 is 6.59.